The van der Waals surface area contributed by atoms with Gasteiger partial charge in [0, 0.05) is 11.1 Å². The van der Waals surface area contributed by atoms with Gasteiger partial charge in [-0.3, -0.25) is 0 Å². The summed E-state index contributed by atoms with van der Waals surface area (Å²) in [5.74, 6) is 3.23. The maximum Gasteiger partial charge on any atom is 0.0713 e. The van der Waals surface area contributed by atoms with E-state index < -0.39 is 0 Å². The molecule has 4 aromatic carbocycles. The summed E-state index contributed by atoms with van der Waals surface area (Å²) in [6.07, 6.45) is 15.4. The molecule has 238 valence electrons. The molecule has 8 fully saturated rings. The van der Waals surface area contributed by atoms with E-state index in [0.717, 1.165) is 36.5 Å². The van der Waals surface area contributed by atoms with Crippen LogP contribution >= 0.6 is 0 Å². The second kappa shape index (κ2) is 9.07. The first kappa shape index (κ1) is 27.7. The molecule has 0 aliphatic heterocycles. The Bertz CT molecular complexity index is 1750. The highest BCUT2D eigenvalue weighted by Crippen LogP contribution is 2.64. The smallest absolute Gasteiger partial charge is 0.0713 e. The van der Waals surface area contributed by atoms with Crippen molar-refractivity contribution in [2.75, 3.05) is 0 Å². The van der Waals surface area contributed by atoms with Gasteiger partial charge in [0.1, 0.15) is 0 Å². The molecule has 4 N–H and O–H groups in total. The van der Waals surface area contributed by atoms with E-state index in [1.165, 1.54) is 109 Å². The monoisotopic (exact) mass is 616 g/mol. The summed E-state index contributed by atoms with van der Waals surface area (Å²) in [7, 11) is 0. The topological polar surface area (TPSA) is 52.0 Å². The molecule has 0 aromatic heterocycles. The minimum absolute atomic E-state index is 0.0509. The fourth-order valence-electron chi connectivity index (χ4n) is 14.5. The van der Waals surface area contributed by atoms with Gasteiger partial charge in [-0.15, -0.1) is 0 Å². The number of fused-ring (bicyclic) bond motifs is 3. The van der Waals surface area contributed by atoms with Crippen molar-refractivity contribution < 1.29 is 0 Å². The van der Waals surface area contributed by atoms with E-state index in [0.29, 0.717) is 0 Å². The Morgan fingerprint density at radius 3 is 1.11 bits per heavy atom. The summed E-state index contributed by atoms with van der Waals surface area (Å²) in [5.41, 5.74) is 25.8. The third-order valence-electron chi connectivity index (χ3n) is 15.0. The van der Waals surface area contributed by atoms with E-state index in [2.05, 4.69) is 97.1 Å². The Morgan fingerprint density at radius 1 is 0.404 bits per heavy atom. The molecular formula is C45H48N2. The Balaban J connectivity index is 1.06. The first-order valence-electron chi connectivity index (χ1n) is 18.8. The second-order valence-corrected chi connectivity index (χ2v) is 18.2. The minimum atomic E-state index is -0.350. The first-order chi connectivity index (χ1) is 22.8. The average molecular weight is 617 g/mol. The molecule has 9 aliphatic carbocycles. The Morgan fingerprint density at radius 2 is 0.745 bits per heavy atom. The Labute approximate surface area is 280 Å². The van der Waals surface area contributed by atoms with Crippen molar-refractivity contribution in [1.29, 1.82) is 0 Å². The summed E-state index contributed by atoms with van der Waals surface area (Å²) in [4.78, 5) is 0. The summed E-state index contributed by atoms with van der Waals surface area (Å²) in [5, 5.41) is 0. The number of rotatable bonds is 4. The van der Waals surface area contributed by atoms with Gasteiger partial charge in [-0.2, -0.15) is 0 Å². The molecule has 2 heteroatoms. The van der Waals surface area contributed by atoms with Crippen molar-refractivity contribution in [2.24, 2.45) is 35.1 Å². The van der Waals surface area contributed by atoms with Crippen LogP contribution in [0.25, 0.3) is 11.1 Å². The van der Waals surface area contributed by atoms with Crippen molar-refractivity contribution >= 4 is 0 Å². The van der Waals surface area contributed by atoms with Gasteiger partial charge in [0.2, 0.25) is 0 Å². The van der Waals surface area contributed by atoms with Gasteiger partial charge < -0.3 is 11.5 Å². The summed E-state index contributed by atoms with van der Waals surface area (Å²) in [6, 6.07) is 38.4. The predicted octanol–water partition coefficient (Wildman–Crippen LogP) is 9.15. The highest BCUT2D eigenvalue weighted by molar-refractivity contribution is 5.86. The lowest BCUT2D eigenvalue weighted by Gasteiger charge is -2.61. The second-order valence-electron chi connectivity index (χ2n) is 18.2. The fourth-order valence-corrected chi connectivity index (χ4v) is 14.5. The maximum absolute atomic E-state index is 7.08. The molecular weight excluding hydrogens is 569 g/mol. The maximum atomic E-state index is 7.08. The quantitative estimate of drug-likeness (QED) is 0.212. The van der Waals surface area contributed by atoms with Crippen LogP contribution in [-0.2, 0) is 16.2 Å². The van der Waals surface area contributed by atoms with E-state index in [9.17, 15) is 0 Å². The average Bonchev–Trinajstić information content (AvgIpc) is 3.34. The molecule has 0 saturated heterocycles. The normalized spacial score (nSPS) is 39.6. The molecule has 9 aliphatic rings. The highest BCUT2D eigenvalue weighted by Gasteiger charge is 2.58. The van der Waals surface area contributed by atoms with Crippen LogP contribution in [-0.4, -0.2) is 11.1 Å². The summed E-state index contributed by atoms with van der Waals surface area (Å²) >= 11 is 0. The van der Waals surface area contributed by atoms with E-state index in [-0.39, 0.29) is 27.3 Å². The van der Waals surface area contributed by atoms with Gasteiger partial charge in [0.25, 0.3) is 0 Å². The van der Waals surface area contributed by atoms with Crippen LogP contribution in [0.15, 0.2) is 97.1 Å². The van der Waals surface area contributed by atoms with Crippen LogP contribution in [0, 0.1) is 23.7 Å². The molecule has 8 saturated carbocycles. The summed E-state index contributed by atoms with van der Waals surface area (Å²) < 4.78 is 0. The third-order valence-corrected chi connectivity index (χ3v) is 15.0. The molecule has 4 atom stereocenters. The third kappa shape index (κ3) is 3.70. The molecule has 47 heavy (non-hydrogen) atoms. The van der Waals surface area contributed by atoms with E-state index in [1.807, 2.05) is 0 Å². The van der Waals surface area contributed by atoms with Crippen LogP contribution in [0.1, 0.15) is 110 Å². The molecule has 2 nitrogen and oxygen atoms in total. The zero-order valence-electron chi connectivity index (χ0n) is 27.7. The van der Waals surface area contributed by atoms with Gasteiger partial charge >= 0.3 is 0 Å². The van der Waals surface area contributed by atoms with Crippen molar-refractivity contribution in [2.45, 2.75) is 104 Å². The van der Waals surface area contributed by atoms with Gasteiger partial charge in [-0.25, -0.2) is 0 Å². The molecule has 0 amide bonds. The van der Waals surface area contributed by atoms with E-state index in [1.54, 1.807) is 0 Å². The van der Waals surface area contributed by atoms with Gasteiger partial charge in [0.15, 0.2) is 0 Å². The van der Waals surface area contributed by atoms with Crippen LogP contribution in [0.2, 0.25) is 0 Å². The predicted molar refractivity (Wildman–Crippen MR) is 190 cm³/mol. The zero-order valence-corrected chi connectivity index (χ0v) is 27.7. The summed E-state index contributed by atoms with van der Waals surface area (Å²) in [6.45, 7) is 0. The lowest BCUT2D eigenvalue weighted by molar-refractivity contribution is -0.0229. The lowest BCUT2D eigenvalue weighted by atomic mass is 9.45. The van der Waals surface area contributed by atoms with Crippen molar-refractivity contribution in [3.05, 3.63) is 130 Å². The van der Waals surface area contributed by atoms with Gasteiger partial charge in [-0.1, -0.05) is 97.1 Å². The van der Waals surface area contributed by atoms with Crippen LogP contribution < -0.4 is 11.5 Å². The molecule has 4 aromatic rings. The van der Waals surface area contributed by atoms with Crippen molar-refractivity contribution in [3.63, 3.8) is 0 Å². The van der Waals surface area contributed by atoms with Crippen molar-refractivity contribution in [3.8, 4) is 11.1 Å². The number of benzene rings is 4. The Kier molecular flexibility index (Phi) is 5.35. The Hall–Kier alpha value is -3.20. The number of nitrogens with two attached hydrogens (primary N) is 2. The molecule has 8 bridgehead atoms. The van der Waals surface area contributed by atoms with Crippen molar-refractivity contribution in [1.82, 2.24) is 0 Å². The first-order valence-corrected chi connectivity index (χ1v) is 18.8. The molecule has 13 rings (SSSR count). The highest BCUT2D eigenvalue weighted by atomic mass is 14.8. The van der Waals surface area contributed by atoms with Crippen LogP contribution in [0.5, 0.6) is 0 Å². The minimum Gasteiger partial charge on any atom is -0.325 e. The van der Waals surface area contributed by atoms with Crippen LogP contribution in [0.4, 0.5) is 0 Å². The molecule has 0 radical (unpaired) electrons. The fraction of sp³-hybridized carbons (Fsp3) is 0.467. The van der Waals surface area contributed by atoms with Crippen LogP contribution in [0.3, 0.4) is 0 Å². The largest absolute Gasteiger partial charge is 0.325 e. The lowest BCUT2D eigenvalue weighted by Crippen LogP contribution is -2.61. The molecule has 4 unspecified atom stereocenters. The molecule has 0 heterocycles. The van der Waals surface area contributed by atoms with E-state index >= 15 is 0 Å². The number of hydrogen-bond acceptors (Lipinski definition) is 2. The zero-order chi connectivity index (χ0) is 31.2. The van der Waals surface area contributed by atoms with E-state index in [4.69, 9.17) is 11.5 Å². The number of hydrogen-bond donors (Lipinski definition) is 2. The molecule has 0 spiro atoms. The SMILES string of the molecule is NC12CC3CC(C1)CC(c1ccc(C4(c5ccc(C67CC8CC(CC(N)(C8)C6)C7)cc5)c5ccccc5-c5ccccc54)cc1)(C3)C2. The van der Waals surface area contributed by atoms with Gasteiger partial charge in [-0.05, 0) is 156 Å². The van der Waals surface area contributed by atoms with Gasteiger partial charge in [0.05, 0.1) is 5.41 Å². The standard InChI is InChI=1S/C45H48N2/c46-43-23-29-17-30(24-43)20-41(19-29,27-43)33-9-13-35(14-10-33)45(39-7-3-1-5-37(39)38-6-2-4-8-40(38)45)36-15-11-34(12-16-36)42-21-31-18-32(22-42)26-44(47,25-31)28-42/h1-16,29-32H,17-28,46-47H2.